The van der Waals surface area contributed by atoms with Gasteiger partial charge in [-0.15, -0.1) is 11.3 Å². The number of aryl methyl sites for hydroxylation is 1. The molecule has 4 rings (SSSR count). The fraction of sp³-hybridized carbons (Fsp3) is 0.370. The van der Waals surface area contributed by atoms with Crippen LogP contribution in [0.5, 0.6) is 0 Å². The molecule has 35 heavy (non-hydrogen) atoms. The number of unbranched alkanes of at least 4 members (excludes halogenated alkanes) is 1. The number of nitrogens with zero attached hydrogens (tertiary/aromatic N) is 3. The van der Waals surface area contributed by atoms with Crippen molar-refractivity contribution in [3.8, 4) is 10.4 Å². The van der Waals surface area contributed by atoms with E-state index in [1.807, 2.05) is 31.3 Å². The molecule has 1 N–H and O–H groups in total. The van der Waals surface area contributed by atoms with Gasteiger partial charge in [-0.3, -0.25) is 10.1 Å². The Morgan fingerprint density at radius 1 is 1.11 bits per heavy atom. The standard InChI is InChI=1S/C27H31ClN4O2S/c1-29-16-4-3-7-25-26(21-10-14-23(15-11-21)32(33)34)35-27(30-25)24(19-31-17-5-2-6-18-31)20-8-12-22(28)13-9-20/h8-15,19,29H,2-7,16-18H2,1H3/b24-19+. The van der Waals surface area contributed by atoms with E-state index in [4.69, 9.17) is 16.6 Å². The minimum Gasteiger partial charge on any atom is -0.377 e. The number of benzene rings is 2. The third-order valence-electron chi connectivity index (χ3n) is 6.22. The van der Waals surface area contributed by atoms with E-state index in [-0.39, 0.29) is 10.6 Å². The van der Waals surface area contributed by atoms with Crippen molar-refractivity contribution in [1.82, 2.24) is 15.2 Å². The fourth-order valence-electron chi connectivity index (χ4n) is 4.30. The summed E-state index contributed by atoms with van der Waals surface area (Å²) in [5, 5.41) is 16.0. The van der Waals surface area contributed by atoms with Crippen molar-refractivity contribution in [2.45, 2.75) is 38.5 Å². The Morgan fingerprint density at radius 2 is 1.83 bits per heavy atom. The number of thiazole rings is 1. The molecule has 1 aliphatic rings. The second-order valence-electron chi connectivity index (χ2n) is 8.81. The first-order valence-corrected chi connectivity index (χ1v) is 13.4. The highest BCUT2D eigenvalue weighted by molar-refractivity contribution is 7.16. The van der Waals surface area contributed by atoms with Crippen LogP contribution in [0.15, 0.2) is 54.7 Å². The van der Waals surface area contributed by atoms with Gasteiger partial charge in [-0.25, -0.2) is 4.98 Å². The molecule has 2 heterocycles. The summed E-state index contributed by atoms with van der Waals surface area (Å²) in [4.78, 5) is 19.4. The predicted octanol–water partition coefficient (Wildman–Crippen LogP) is 6.79. The van der Waals surface area contributed by atoms with E-state index >= 15 is 0 Å². The summed E-state index contributed by atoms with van der Waals surface area (Å²) in [5.41, 5.74) is 4.30. The van der Waals surface area contributed by atoms with Crippen molar-refractivity contribution in [3.05, 3.63) is 86.1 Å². The van der Waals surface area contributed by atoms with E-state index in [0.29, 0.717) is 5.02 Å². The summed E-state index contributed by atoms with van der Waals surface area (Å²) < 4.78 is 0. The zero-order valence-corrected chi connectivity index (χ0v) is 21.6. The summed E-state index contributed by atoms with van der Waals surface area (Å²) in [5.74, 6) is 0. The molecular weight excluding hydrogens is 480 g/mol. The van der Waals surface area contributed by atoms with Gasteiger partial charge >= 0.3 is 0 Å². The van der Waals surface area contributed by atoms with Crippen LogP contribution in [0.4, 0.5) is 5.69 Å². The van der Waals surface area contributed by atoms with Gasteiger partial charge in [0.05, 0.1) is 15.5 Å². The number of hydrogen-bond acceptors (Lipinski definition) is 6. The topological polar surface area (TPSA) is 71.3 Å². The summed E-state index contributed by atoms with van der Waals surface area (Å²) in [6.07, 6.45) is 8.89. The summed E-state index contributed by atoms with van der Waals surface area (Å²) in [7, 11) is 1.97. The number of likely N-dealkylation sites (tertiary alicyclic amines) is 1. The Bertz CT molecular complexity index is 1150. The SMILES string of the molecule is CNCCCCc1nc(/C(=C/N2CCCCC2)c2ccc(Cl)cc2)sc1-c1ccc([N+](=O)[O-])cc1. The molecule has 6 nitrogen and oxygen atoms in total. The maximum atomic E-state index is 11.2. The average Bonchev–Trinajstić information content (AvgIpc) is 3.30. The van der Waals surface area contributed by atoms with Gasteiger partial charge in [0.25, 0.3) is 5.69 Å². The smallest absolute Gasteiger partial charge is 0.269 e. The highest BCUT2D eigenvalue weighted by Crippen LogP contribution is 2.37. The lowest BCUT2D eigenvalue weighted by molar-refractivity contribution is -0.384. The molecular formula is C27H31ClN4O2S. The van der Waals surface area contributed by atoms with E-state index in [1.54, 1.807) is 23.5 Å². The summed E-state index contributed by atoms with van der Waals surface area (Å²) in [6.45, 7) is 3.07. The molecule has 1 aliphatic heterocycles. The quantitative estimate of drug-likeness (QED) is 0.185. The maximum absolute atomic E-state index is 11.2. The number of nitrogens with one attached hydrogen (secondary N) is 1. The third-order valence-corrected chi connectivity index (χ3v) is 7.65. The van der Waals surface area contributed by atoms with Gasteiger partial charge in [0.2, 0.25) is 0 Å². The Hall–Kier alpha value is -2.74. The van der Waals surface area contributed by atoms with E-state index < -0.39 is 0 Å². The molecule has 0 radical (unpaired) electrons. The zero-order chi connectivity index (χ0) is 24.6. The summed E-state index contributed by atoms with van der Waals surface area (Å²) in [6, 6.07) is 14.8. The lowest BCUT2D eigenvalue weighted by atomic mass is 10.1. The van der Waals surface area contributed by atoms with Crippen LogP contribution < -0.4 is 5.32 Å². The number of rotatable bonds is 10. The van der Waals surface area contributed by atoms with E-state index in [0.717, 1.165) is 71.2 Å². The number of piperidine rings is 1. The van der Waals surface area contributed by atoms with E-state index in [9.17, 15) is 10.1 Å². The molecule has 3 aromatic rings. The fourth-order valence-corrected chi connectivity index (χ4v) is 5.58. The number of nitro groups is 1. The highest BCUT2D eigenvalue weighted by Gasteiger charge is 2.19. The van der Waals surface area contributed by atoms with Crippen LogP contribution in [0, 0.1) is 10.1 Å². The molecule has 0 unspecified atom stereocenters. The van der Waals surface area contributed by atoms with Crippen molar-refractivity contribution in [3.63, 3.8) is 0 Å². The molecule has 0 spiro atoms. The van der Waals surface area contributed by atoms with Gasteiger partial charge in [-0.1, -0.05) is 23.7 Å². The van der Waals surface area contributed by atoms with Crippen LogP contribution in [-0.4, -0.2) is 41.5 Å². The lowest BCUT2D eigenvalue weighted by Crippen LogP contribution is -2.24. The Balaban J connectivity index is 1.74. The molecule has 0 amide bonds. The first kappa shape index (κ1) is 25.4. The van der Waals surface area contributed by atoms with Crippen LogP contribution in [0.25, 0.3) is 16.0 Å². The molecule has 1 aromatic heterocycles. The Morgan fingerprint density at radius 3 is 2.49 bits per heavy atom. The lowest BCUT2D eigenvalue weighted by Gasteiger charge is -2.26. The van der Waals surface area contributed by atoms with Gasteiger partial charge < -0.3 is 10.2 Å². The molecule has 0 aliphatic carbocycles. The maximum Gasteiger partial charge on any atom is 0.269 e. The Kier molecular flexibility index (Phi) is 8.90. The van der Waals surface area contributed by atoms with Crippen LogP contribution in [-0.2, 0) is 6.42 Å². The molecule has 184 valence electrons. The first-order valence-electron chi connectivity index (χ1n) is 12.2. The van der Waals surface area contributed by atoms with Crippen molar-refractivity contribution >= 4 is 34.2 Å². The minimum absolute atomic E-state index is 0.0981. The molecule has 1 saturated heterocycles. The third kappa shape index (κ3) is 6.69. The monoisotopic (exact) mass is 510 g/mol. The normalized spacial score (nSPS) is 14.3. The van der Waals surface area contributed by atoms with Crippen LogP contribution in [0.2, 0.25) is 5.02 Å². The van der Waals surface area contributed by atoms with Gasteiger partial charge in [0.15, 0.2) is 0 Å². The van der Waals surface area contributed by atoms with Crippen molar-refractivity contribution in [2.24, 2.45) is 0 Å². The first-order chi connectivity index (χ1) is 17.0. The van der Waals surface area contributed by atoms with Crippen molar-refractivity contribution in [1.29, 1.82) is 0 Å². The predicted molar refractivity (Wildman–Crippen MR) is 145 cm³/mol. The van der Waals surface area contributed by atoms with Crippen LogP contribution in [0.1, 0.15) is 48.4 Å². The largest absolute Gasteiger partial charge is 0.377 e. The van der Waals surface area contributed by atoms with Crippen LogP contribution in [0.3, 0.4) is 0 Å². The van der Waals surface area contributed by atoms with E-state index in [1.165, 1.54) is 19.3 Å². The zero-order valence-electron chi connectivity index (χ0n) is 20.0. The molecule has 1 fully saturated rings. The molecule has 0 bridgehead atoms. The molecule has 0 atom stereocenters. The summed E-state index contributed by atoms with van der Waals surface area (Å²) >= 11 is 7.85. The number of aromatic nitrogens is 1. The number of nitro benzene ring substituents is 1. The van der Waals surface area contributed by atoms with Gasteiger partial charge in [0.1, 0.15) is 5.01 Å². The number of non-ortho nitro benzene ring substituents is 1. The van der Waals surface area contributed by atoms with Gasteiger partial charge in [-0.05, 0) is 87.5 Å². The van der Waals surface area contributed by atoms with Crippen molar-refractivity contribution in [2.75, 3.05) is 26.7 Å². The molecule has 0 saturated carbocycles. The van der Waals surface area contributed by atoms with E-state index in [2.05, 4.69) is 28.5 Å². The second kappa shape index (κ2) is 12.3. The van der Waals surface area contributed by atoms with Gasteiger partial charge in [-0.2, -0.15) is 0 Å². The second-order valence-corrected chi connectivity index (χ2v) is 10.2. The Labute approximate surface area is 215 Å². The average molecular weight is 511 g/mol. The number of hydrogen-bond donors (Lipinski definition) is 1. The minimum atomic E-state index is -0.361. The highest BCUT2D eigenvalue weighted by atomic mass is 35.5. The van der Waals surface area contributed by atoms with Crippen LogP contribution >= 0.6 is 22.9 Å². The van der Waals surface area contributed by atoms with Crippen molar-refractivity contribution < 1.29 is 4.92 Å². The van der Waals surface area contributed by atoms with Gasteiger partial charge in [0, 0.05) is 42.0 Å². The molecule has 2 aromatic carbocycles. The number of halogens is 1. The molecule has 8 heteroatoms.